The van der Waals surface area contributed by atoms with Crippen molar-refractivity contribution in [1.29, 1.82) is 0 Å². The van der Waals surface area contributed by atoms with Crippen LogP contribution in [0.25, 0.3) is 0 Å². The van der Waals surface area contributed by atoms with Crippen molar-refractivity contribution in [1.82, 2.24) is 10.2 Å². The molecular weight excluding hydrogens is 140 g/mol. The molecule has 2 aliphatic rings. The number of aliphatic hydroxyl groups is 1. The molecule has 0 aliphatic carbocycles. The lowest BCUT2D eigenvalue weighted by atomic mass is 10.3. The van der Waals surface area contributed by atoms with E-state index in [2.05, 4.69) is 10.2 Å². The van der Waals surface area contributed by atoms with Gasteiger partial charge in [-0.15, -0.1) is 0 Å². The molecule has 0 aromatic heterocycles. The van der Waals surface area contributed by atoms with Crippen molar-refractivity contribution in [2.75, 3.05) is 19.6 Å². The molecule has 0 aromatic rings. The summed E-state index contributed by atoms with van der Waals surface area (Å²) in [6.45, 7) is 3.09. The number of nitrogens with one attached hydrogen (secondary N) is 1. The van der Waals surface area contributed by atoms with Crippen LogP contribution >= 0.6 is 0 Å². The van der Waals surface area contributed by atoms with Crippen LogP contribution in [0.15, 0.2) is 0 Å². The first-order valence-electron chi connectivity index (χ1n) is 4.52. The smallest absolute Gasteiger partial charge is 0.0679 e. The molecule has 0 radical (unpaired) electrons. The molecule has 2 aliphatic heterocycles. The SMILES string of the molecule is OC1CCN(C2CCCN2)C1. The van der Waals surface area contributed by atoms with E-state index in [4.69, 9.17) is 0 Å². The molecule has 64 valence electrons. The fourth-order valence-corrected chi connectivity index (χ4v) is 2.03. The van der Waals surface area contributed by atoms with Crippen molar-refractivity contribution < 1.29 is 5.11 Å². The second kappa shape index (κ2) is 3.09. The van der Waals surface area contributed by atoms with E-state index in [0.717, 1.165) is 26.1 Å². The molecule has 0 bridgehead atoms. The number of nitrogens with zero attached hydrogens (tertiary/aromatic N) is 1. The van der Waals surface area contributed by atoms with Gasteiger partial charge in [0, 0.05) is 13.1 Å². The summed E-state index contributed by atoms with van der Waals surface area (Å²) in [4.78, 5) is 2.36. The molecule has 2 unspecified atom stereocenters. The van der Waals surface area contributed by atoms with Gasteiger partial charge in [-0.1, -0.05) is 0 Å². The summed E-state index contributed by atoms with van der Waals surface area (Å²) in [5.41, 5.74) is 0. The number of likely N-dealkylation sites (tertiary alicyclic amines) is 1. The second-order valence-electron chi connectivity index (χ2n) is 3.55. The molecule has 0 spiro atoms. The molecule has 2 rings (SSSR count). The number of aliphatic hydroxyl groups excluding tert-OH is 1. The molecular formula is C8H16N2O. The van der Waals surface area contributed by atoms with Gasteiger partial charge < -0.3 is 10.4 Å². The van der Waals surface area contributed by atoms with Crippen molar-refractivity contribution in [2.45, 2.75) is 31.5 Å². The first-order valence-corrected chi connectivity index (χ1v) is 4.52. The normalized spacial score (nSPS) is 40.1. The van der Waals surface area contributed by atoms with Gasteiger partial charge in [0.05, 0.1) is 12.3 Å². The highest BCUT2D eigenvalue weighted by Gasteiger charge is 2.28. The average Bonchev–Trinajstić information content (AvgIpc) is 2.55. The second-order valence-corrected chi connectivity index (χ2v) is 3.55. The van der Waals surface area contributed by atoms with Crippen LogP contribution < -0.4 is 5.32 Å². The summed E-state index contributed by atoms with van der Waals surface area (Å²) in [6.07, 6.45) is 3.99. The van der Waals surface area contributed by atoms with Crippen LogP contribution in [0.5, 0.6) is 0 Å². The Balaban J connectivity index is 1.85. The molecule has 3 heteroatoms. The van der Waals surface area contributed by atoms with Crippen molar-refractivity contribution in [3.8, 4) is 0 Å². The Morgan fingerprint density at radius 1 is 1.36 bits per heavy atom. The minimum Gasteiger partial charge on any atom is -0.392 e. The quantitative estimate of drug-likeness (QED) is 0.550. The molecule has 2 atom stereocenters. The highest BCUT2D eigenvalue weighted by atomic mass is 16.3. The van der Waals surface area contributed by atoms with E-state index in [9.17, 15) is 5.11 Å². The standard InChI is InChI=1S/C8H16N2O/c11-7-3-5-10(6-7)8-2-1-4-9-8/h7-9,11H,1-6H2. The van der Waals surface area contributed by atoms with Gasteiger partial charge in [0.25, 0.3) is 0 Å². The van der Waals surface area contributed by atoms with Gasteiger partial charge in [0.15, 0.2) is 0 Å². The largest absolute Gasteiger partial charge is 0.392 e. The fraction of sp³-hybridized carbons (Fsp3) is 1.00. The van der Waals surface area contributed by atoms with E-state index in [1.165, 1.54) is 12.8 Å². The number of β-amino-alcohol motifs (C(OH)–C–C–N with tert-alkyl or cyclic N) is 1. The van der Waals surface area contributed by atoms with Crippen LogP contribution in [-0.4, -0.2) is 41.9 Å². The summed E-state index contributed by atoms with van der Waals surface area (Å²) in [5, 5.41) is 12.7. The molecule has 2 N–H and O–H groups in total. The van der Waals surface area contributed by atoms with Crippen LogP contribution in [-0.2, 0) is 0 Å². The molecule has 2 heterocycles. The number of hydrogen-bond donors (Lipinski definition) is 2. The zero-order chi connectivity index (χ0) is 7.68. The highest BCUT2D eigenvalue weighted by molar-refractivity contribution is 4.82. The Morgan fingerprint density at radius 3 is 2.82 bits per heavy atom. The van der Waals surface area contributed by atoms with Gasteiger partial charge >= 0.3 is 0 Å². The zero-order valence-electron chi connectivity index (χ0n) is 6.79. The highest BCUT2D eigenvalue weighted by Crippen LogP contribution is 2.16. The molecule has 0 aromatic carbocycles. The lowest BCUT2D eigenvalue weighted by molar-refractivity contribution is 0.153. The third-order valence-electron chi connectivity index (χ3n) is 2.67. The Hall–Kier alpha value is -0.120. The third-order valence-corrected chi connectivity index (χ3v) is 2.67. The van der Waals surface area contributed by atoms with Gasteiger partial charge in [-0.3, -0.25) is 4.90 Å². The van der Waals surface area contributed by atoms with Gasteiger partial charge in [-0.2, -0.15) is 0 Å². The van der Waals surface area contributed by atoms with Gasteiger partial charge in [0.2, 0.25) is 0 Å². The van der Waals surface area contributed by atoms with Crippen LogP contribution in [0.4, 0.5) is 0 Å². The molecule has 11 heavy (non-hydrogen) atoms. The summed E-state index contributed by atoms with van der Waals surface area (Å²) >= 11 is 0. The van der Waals surface area contributed by atoms with Crippen LogP contribution in [0.2, 0.25) is 0 Å². The fourth-order valence-electron chi connectivity index (χ4n) is 2.03. The lowest BCUT2D eigenvalue weighted by Crippen LogP contribution is -2.40. The number of hydrogen-bond acceptors (Lipinski definition) is 3. The monoisotopic (exact) mass is 156 g/mol. The van der Waals surface area contributed by atoms with E-state index in [1.807, 2.05) is 0 Å². The van der Waals surface area contributed by atoms with Crippen LogP contribution in [0, 0.1) is 0 Å². The van der Waals surface area contributed by atoms with Gasteiger partial charge in [0.1, 0.15) is 0 Å². The predicted molar refractivity (Wildman–Crippen MR) is 43.2 cm³/mol. The number of rotatable bonds is 1. The Kier molecular flexibility index (Phi) is 2.11. The maximum atomic E-state index is 9.29. The topological polar surface area (TPSA) is 35.5 Å². The summed E-state index contributed by atoms with van der Waals surface area (Å²) < 4.78 is 0. The Labute approximate surface area is 67.4 Å². The predicted octanol–water partition coefficient (Wildman–Crippen LogP) is -0.237. The van der Waals surface area contributed by atoms with Crippen molar-refractivity contribution >= 4 is 0 Å². The van der Waals surface area contributed by atoms with Crippen molar-refractivity contribution in [2.24, 2.45) is 0 Å². The van der Waals surface area contributed by atoms with Gasteiger partial charge in [-0.05, 0) is 25.8 Å². The van der Waals surface area contributed by atoms with E-state index >= 15 is 0 Å². The Bertz CT molecular complexity index is 134. The molecule has 2 saturated heterocycles. The maximum absolute atomic E-state index is 9.29. The van der Waals surface area contributed by atoms with E-state index < -0.39 is 0 Å². The van der Waals surface area contributed by atoms with Crippen LogP contribution in [0.3, 0.4) is 0 Å². The molecule has 3 nitrogen and oxygen atoms in total. The van der Waals surface area contributed by atoms with Gasteiger partial charge in [-0.25, -0.2) is 0 Å². The third kappa shape index (κ3) is 1.55. The van der Waals surface area contributed by atoms with E-state index in [-0.39, 0.29) is 6.10 Å². The average molecular weight is 156 g/mol. The summed E-state index contributed by atoms with van der Waals surface area (Å²) in [5.74, 6) is 0. The summed E-state index contributed by atoms with van der Waals surface area (Å²) in [6, 6.07) is 0. The molecule has 2 fully saturated rings. The van der Waals surface area contributed by atoms with Crippen molar-refractivity contribution in [3.63, 3.8) is 0 Å². The Morgan fingerprint density at radius 2 is 2.27 bits per heavy atom. The van der Waals surface area contributed by atoms with Crippen molar-refractivity contribution in [3.05, 3.63) is 0 Å². The van der Waals surface area contributed by atoms with Crippen LogP contribution in [0.1, 0.15) is 19.3 Å². The molecule has 0 saturated carbocycles. The van der Waals surface area contributed by atoms with E-state index in [0.29, 0.717) is 6.17 Å². The van der Waals surface area contributed by atoms with E-state index in [1.54, 1.807) is 0 Å². The minimum atomic E-state index is -0.0719. The molecule has 0 amide bonds. The first-order chi connectivity index (χ1) is 5.36. The lowest BCUT2D eigenvalue weighted by Gasteiger charge is -2.22. The first kappa shape index (κ1) is 7.53. The summed E-state index contributed by atoms with van der Waals surface area (Å²) in [7, 11) is 0. The zero-order valence-corrected chi connectivity index (χ0v) is 6.79. The maximum Gasteiger partial charge on any atom is 0.0679 e. The minimum absolute atomic E-state index is 0.0719.